The number of halogens is 2. The minimum atomic E-state index is -0.219. The van der Waals surface area contributed by atoms with Gasteiger partial charge in [0.1, 0.15) is 5.82 Å². The molecule has 1 aromatic heterocycles. The second-order valence-electron chi connectivity index (χ2n) is 4.60. The smallest absolute Gasteiger partial charge is 0.128 e. The van der Waals surface area contributed by atoms with Crippen molar-refractivity contribution >= 4 is 11.6 Å². The summed E-state index contributed by atoms with van der Waals surface area (Å²) in [5, 5.41) is 8.02. The number of aryl methyl sites for hydroxylation is 1. The highest BCUT2D eigenvalue weighted by molar-refractivity contribution is 6.31. The average molecular weight is 282 g/mol. The molecule has 102 valence electrons. The van der Waals surface area contributed by atoms with E-state index in [0.717, 1.165) is 17.0 Å². The van der Waals surface area contributed by atoms with Crippen LogP contribution < -0.4 is 5.32 Å². The number of aromatic nitrogens is 2. The molecule has 0 saturated carbocycles. The maximum Gasteiger partial charge on any atom is 0.128 e. The highest BCUT2D eigenvalue weighted by Crippen LogP contribution is 2.21. The Morgan fingerprint density at radius 2 is 2.11 bits per heavy atom. The van der Waals surface area contributed by atoms with E-state index in [1.54, 1.807) is 10.7 Å². The molecular weight excluding hydrogens is 265 g/mol. The zero-order valence-electron chi connectivity index (χ0n) is 11.3. The van der Waals surface area contributed by atoms with Gasteiger partial charge in [-0.3, -0.25) is 4.68 Å². The van der Waals surface area contributed by atoms with Crippen LogP contribution >= 0.6 is 11.6 Å². The molecule has 2 aromatic rings. The summed E-state index contributed by atoms with van der Waals surface area (Å²) in [6.07, 6.45) is 0. The van der Waals surface area contributed by atoms with E-state index in [9.17, 15) is 4.39 Å². The summed E-state index contributed by atoms with van der Waals surface area (Å²) < 4.78 is 15.6. The van der Waals surface area contributed by atoms with Gasteiger partial charge in [0, 0.05) is 12.1 Å². The quantitative estimate of drug-likeness (QED) is 0.933. The molecule has 3 nitrogen and oxygen atoms in total. The van der Waals surface area contributed by atoms with Crippen molar-refractivity contribution in [2.45, 2.75) is 26.9 Å². The van der Waals surface area contributed by atoms with Gasteiger partial charge in [-0.1, -0.05) is 17.7 Å². The first-order chi connectivity index (χ1) is 9.02. The van der Waals surface area contributed by atoms with E-state index in [1.807, 2.05) is 27.0 Å². The topological polar surface area (TPSA) is 29.9 Å². The lowest BCUT2D eigenvalue weighted by molar-refractivity contribution is 0.577. The zero-order valence-corrected chi connectivity index (χ0v) is 12.1. The van der Waals surface area contributed by atoms with Crippen LogP contribution in [0.1, 0.15) is 22.5 Å². The third-order valence-corrected chi connectivity index (χ3v) is 3.65. The van der Waals surface area contributed by atoms with Gasteiger partial charge in [-0.2, -0.15) is 5.10 Å². The molecule has 0 fully saturated rings. The van der Waals surface area contributed by atoms with Crippen LogP contribution in [-0.4, -0.2) is 16.8 Å². The van der Waals surface area contributed by atoms with E-state index in [4.69, 9.17) is 11.6 Å². The van der Waals surface area contributed by atoms with Gasteiger partial charge >= 0.3 is 0 Å². The van der Waals surface area contributed by atoms with Crippen molar-refractivity contribution in [1.82, 2.24) is 15.1 Å². The van der Waals surface area contributed by atoms with Crippen molar-refractivity contribution in [3.05, 3.63) is 51.6 Å². The van der Waals surface area contributed by atoms with Crippen molar-refractivity contribution in [3.8, 4) is 0 Å². The lowest BCUT2D eigenvalue weighted by atomic mass is 10.1. The number of hydrogen-bond acceptors (Lipinski definition) is 2. The van der Waals surface area contributed by atoms with Gasteiger partial charge in [0.25, 0.3) is 0 Å². The molecule has 0 aliphatic heterocycles. The van der Waals surface area contributed by atoms with E-state index >= 15 is 0 Å². The third-order valence-electron chi connectivity index (χ3n) is 3.10. The summed E-state index contributed by atoms with van der Waals surface area (Å²) in [6, 6.07) is 5.13. The second kappa shape index (κ2) is 5.72. The molecule has 0 unspecified atom stereocenters. The van der Waals surface area contributed by atoms with E-state index < -0.39 is 0 Å². The van der Waals surface area contributed by atoms with Crippen LogP contribution in [0.5, 0.6) is 0 Å². The molecule has 5 heteroatoms. The van der Waals surface area contributed by atoms with Crippen molar-refractivity contribution in [2.75, 3.05) is 7.05 Å². The van der Waals surface area contributed by atoms with Crippen molar-refractivity contribution in [1.29, 1.82) is 0 Å². The van der Waals surface area contributed by atoms with Crippen molar-refractivity contribution < 1.29 is 4.39 Å². The van der Waals surface area contributed by atoms with Gasteiger partial charge in [-0.25, -0.2) is 4.39 Å². The zero-order chi connectivity index (χ0) is 14.0. The molecular formula is C14H17ClFN3. The summed E-state index contributed by atoms with van der Waals surface area (Å²) in [5.74, 6) is -0.219. The Hall–Kier alpha value is -1.39. The molecule has 0 aliphatic carbocycles. The van der Waals surface area contributed by atoms with Gasteiger partial charge in [0.15, 0.2) is 0 Å². The Balaban J connectivity index is 2.31. The summed E-state index contributed by atoms with van der Waals surface area (Å²) in [7, 11) is 1.86. The maximum absolute atomic E-state index is 13.8. The highest BCUT2D eigenvalue weighted by atomic mass is 35.5. The first kappa shape index (κ1) is 14.0. The molecule has 0 radical (unpaired) electrons. The number of hydrogen-bond donors (Lipinski definition) is 1. The van der Waals surface area contributed by atoms with Crippen LogP contribution in [0.15, 0.2) is 18.2 Å². The van der Waals surface area contributed by atoms with Crippen molar-refractivity contribution in [3.63, 3.8) is 0 Å². The summed E-state index contributed by atoms with van der Waals surface area (Å²) in [5.41, 5.74) is 3.30. The first-order valence-electron chi connectivity index (χ1n) is 6.14. The largest absolute Gasteiger partial charge is 0.316 e. The predicted molar refractivity (Wildman–Crippen MR) is 75.0 cm³/mol. The van der Waals surface area contributed by atoms with E-state index in [2.05, 4.69) is 10.4 Å². The maximum atomic E-state index is 13.8. The fourth-order valence-corrected chi connectivity index (χ4v) is 2.19. The molecule has 19 heavy (non-hydrogen) atoms. The molecule has 1 N–H and O–H groups in total. The van der Waals surface area contributed by atoms with Gasteiger partial charge in [0.2, 0.25) is 0 Å². The minimum Gasteiger partial charge on any atom is -0.316 e. The van der Waals surface area contributed by atoms with Gasteiger partial charge in [-0.15, -0.1) is 0 Å². The van der Waals surface area contributed by atoms with Crippen LogP contribution in [-0.2, 0) is 13.1 Å². The highest BCUT2D eigenvalue weighted by Gasteiger charge is 2.11. The van der Waals surface area contributed by atoms with Crippen LogP contribution in [0.25, 0.3) is 0 Å². The lowest BCUT2D eigenvalue weighted by Gasteiger charge is -2.08. The Kier molecular flexibility index (Phi) is 4.22. The molecule has 0 saturated heterocycles. The Labute approximate surface area is 117 Å². The van der Waals surface area contributed by atoms with Crippen LogP contribution in [0.2, 0.25) is 5.02 Å². The normalized spacial score (nSPS) is 11.0. The SMILES string of the molecule is CNCc1ccc(F)c(Cn2nc(C)c(Cl)c2C)c1. The first-order valence-corrected chi connectivity index (χ1v) is 6.52. The third kappa shape index (κ3) is 2.96. The van der Waals surface area contributed by atoms with E-state index in [-0.39, 0.29) is 5.82 Å². The Bertz CT molecular complexity index is 593. The molecule has 1 heterocycles. The predicted octanol–water partition coefficient (Wildman–Crippen LogP) is 3.06. The Morgan fingerprint density at radius 3 is 2.68 bits per heavy atom. The van der Waals surface area contributed by atoms with E-state index in [1.165, 1.54) is 6.07 Å². The molecule has 2 rings (SSSR count). The molecule has 0 amide bonds. The van der Waals surface area contributed by atoms with Gasteiger partial charge in [-0.05, 0) is 38.6 Å². The number of benzene rings is 1. The lowest BCUT2D eigenvalue weighted by Crippen LogP contribution is -2.09. The molecule has 0 spiro atoms. The van der Waals surface area contributed by atoms with Crippen LogP contribution in [0, 0.1) is 19.7 Å². The molecule has 1 aromatic carbocycles. The van der Waals surface area contributed by atoms with E-state index in [0.29, 0.717) is 23.7 Å². The molecule has 0 bridgehead atoms. The van der Waals surface area contributed by atoms with Crippen LogP contribution in [0.4, 0.5) is 4.39 Å². The minimum absolute atomic E-state index is 0.219. The number of rotatable bonds is 4. The standard InChI is InChI=1S/C14H17ClFN3/c1-9-14(15)10(2)19(18-9)8-12-6-11(7-17-3)4-5-13(12)16/h4-6,17H,7-8H2,1-3H3. The monoisotopic (exact) mass is 281 g/mol. The Morgan fingerprint density at radius 1 is 1.37 bits per heavy atom. The summed E-state index contributed by atoms with van der Waals surface area (Å²) >= 11 is 6.10. The van der Waals surface area contributed by atoms with Gasteiger partial charge in [0.05, 0.1) is 23.0 Å². The number of nitrogens with one attached hydrogen (secondary N) is 1. The fourth-order valence-electron chi connectivity index (χ4n) is 2.05. The fraction of sp³-hybridized carbons (Fsp3) is 0.357. The van der Waals surface area contributed by atoms with Crippen LogP contribution in [0.3, 0.4) is 0 Å². The van der Waals surface area contributed by atoms with Crippen molar-refractivity contribution in [2.24, 2.45) is 0 Å². The summed E-state index contributed by atoms with van der Waals surface area (Å²) in [6.45, 7) is 4.84. The second-order valence-corrected chi connectivity index (χ2v) is 4.98. The molecule has 0 atom stereocenters. The average Bonchev–Trinajstić information content (AvgIpc) is 2.62. The number of nitrogens with zero attached hydrogens (tertiary/aromatic N) is 2. The summed E-state index contributed by atoms with van der Waals surface area (Å²) in [4.78, 5) is 0. The molecule has 0 aliphatic rings. The van der Waals surface area contributed by atoms with Gasteiger partial charge < -0.3 is 5.32 Å².